The van der Waals surface area contributed by atoms with Crippen LogP contribution < -0.4 is 5.73 Å². The fourth-order valence-corrected chi connectivity index (χ4v) is 3.93. The third kappa shape index (κ3) is 4.37. The van der Waals surface area contributed by atoms with Crippen molar-refractivity contribution in [2.45, 2.75) is 5.92 Å². The minimum Gasteiger partial charge on any atom is -0.368 e. The van der Waals surface area contributed by atoms with Crippen LogP contribution in [0.1, 0.15) is 38.0 Å². The number of halogens is 1. The first-order valence-corrected chi connectivity index (χ1v) is 10.4. The van der Waals surface area contributed by atoms with E-state index in [9.17, 15) is 9.59 Å². The summed E-state index contributed by atoms with van der Waals surface area (Å²) in [5.74, 6) is 1.73. The predicted octanol–water partition coefficient (Wildman–Crippen LogP) is 3.11. The van der Waals surface area contributed by atoms with Gasteiger partial charge in [-0.15, -0.1) is 6.42 Å². The molecule has 0 spiro atoms. The van der Waals surface area contributed by atoms with Gasteiger partial charge in [-0.3, -0.25) is 9.59 Å². The molecule has 0 saturated carbocycles. The maximum Gasteiger partial charge on any atom is 0.254 e. The number of aromatic amines is 1. The first-order chi connectivity index (χ1) is 15.5. The van der Waals surface area contributed by atoms with Crippen LogP contribution in [0.5, 0.6) is 0 Å². The van der Waals surface area contributed by atoms with Crippen molar-refractivity contribution < 1.29 is 14.3 Å². The van der Waals surface area contributed by atoms with Gasteiger partial charge in [0.05, 0.1) is 23.6 Å². The molecule has 0 radical (unpaired) electrons. The number of terminal acetylenes is 1. The fourth-order valence-electron chi connectivity index (χ4n) is 3.75. The molecule has 0 unspecified atom stereocenters. The molecule has 0 fully saturated rings. The zero-order chi connectivity index (χ0) is 22.7. The van der Waals surface area contributed by atoms with Gasteiger partial charge in [0.15, 0.2) is 0 Å². The summed E-state index contributed by atoms with van der Waals surface area (Å²) in [4.78, 5) is 34.8. The Morgan fingerprint density at radius 1 is 1.25 bits per heavy atom. The van der Waals surface area contributed by atoms with E-state index >= 15 is 0 Å². The summed E-state index contributed by atoms with van der Waals surface area (Å²) in [5, 5.41) is 0.567. The maximum atomic E-state index is 13.0. The van der Waals surface area contributed by atoms with Crippen molar-refractivity contribution in [2.75, 3.05) is 26.3 Å². The zero-order valence-corrected chi connectivity index (χ0v) is 17.9. The van der Waals surface area contributed by atoms with Gasteiger partial charge in [-0.25, -0.2) is 4.98 Å². The molecule has 0 saturated heterocycles. The van der Waals surface area contributed by atoms with Crippen molar-refractivity contribution in [3.63, 3.8) is 0 Å². The Hall–Kier alpha value is -3.60. The van der Waals surface area contributed by atoms with Crippen molar-refractivity contribution in [1.29, 1.82) is 0 Å². The van der Waals surface area contributed by atoms with Crippen molar-refractivity contribution in [3.8, 4) is 12.3 Å². The highest BCUT2D eigenvalue weighted by Crippen LogP contribution is 2.30. The lowest BCUT2D eigenvalue weighted by atomic mass is 9.91. The van der Waals surface area contributed by atoms with Gasteiger partial charge >= 0.3 is 0 Å². The highest BCUT2D eigenvalue weighted by atomic mass is 35.5. The number of amides is 2. The summed E-state index contributed by atoms with van der Waals surface area (Å²) in [5.41, 5.74) is 8.39. The van der Waals surface area contributed by atoms with E-state index in [1.54, 1.807) is 41.3 Å². The number of carbonyl (C=O) groups is 2. The molecule has 1 aliphatic rings. The number of fused-ring (bicyclic) bond motifs is 1. The number of primary amides is 1. The molecule has 0 aliphatic carbocycles. The van der Waals surface area contributed by atoms with Crippen LogP contribution in [0.15, 0.2) is 48.6 Å². The van der Waals surface area contributed by atoms with Crippen LogP contribution in [0.4, 0.5) is 0 Å². The highest BCUT2D eigenvalue weighted by molar-refractivity contribution is 6.31. The van der Waals surface area contributed by atoms with Crippen LogP contribution in [-0.2, 0) is 4.74 Å². The van der Waals surface area contributed by atoms with E-state index in [0.717, 1.165) is 5.52 Å². The van der Waals surface area contributed by atoms with Crippen LogP contribution in [0.3, 0.4) is 0 Å². The number of aromatic nitrogens is 2. The lowest BCUT2D eigenvalue weighted by Gasteiger charge is -2.20. The monoisotopic (exact) mass is 448 g/mol. The average molecular weight is 449 g/mol. The number of nitrogens with two attached hydrogens (primary N) is 1. The van der Waals surface area contributed by atoms with E-state index in [-0.39, 0.29) is 24.7 Å². The smallest absolute Gasteiger partial charge is 0.254 e. The molecule has 3 N–H and O–H groups in total. The molecule has 1 atom stereocenters. The second-order valence-electron chi connectivity index (χ2n) is 7.40. The lowest BCUT2D eigenvalue weighted by Crippen LogP contribution is -2.29. The second-order valence-corrected chi connectivity index (χ2v) is 7.84. The van der Waals surface area contributed by atoms with Crippen LogP contribution >= 0.6 is 11.6 Å². The molecule has 0 bridgehead atoms. The number of hydrogen-bond acceptors (Lipinski definition) is 4. The second kappa shape index (κ2) is 9.27. The predicted molar refractivity (Wildman–Crippen MR) is 123 cm³/mol. The number of ether oxygens (including phenoxy) is 1. The Labute approximate surface area is 190 Å². The summed E-state index contributed by atoms with van der Waals surface area (Å²) in [6.07, 6.45) is 9.21. The van der Waals surface area contributed by atoms with Gasteiger partial charge in [0.1, 0.15) is 12.4 Å². The third-order valence-electron chi connectivity index (χ3n) is 5.31. The van der Waals surface area contributed by atoms with Gasteiger partial charge in [0.2, 0.25) is 5.91 Å². The van der Waals surface area contributed by atoms with E-state index in [4.69, 9.17) is 28.5 Å². The molecule has 32 heavy (non-hydrogen) atoms. The zero-order valence-electron chi connectivity index (χ0n) is 17.2. The Morgan fingerprint density at radius 3 is 2.75 bits per heavy atom. The molecule has 2 aromatic carbocycles. The molecule has 2 heterocycles. The van der Waals surface area contributed by atoms with Crippen molar-refractivity contribution >= 4 is 34.4 Å². The number of benzene rings is 2. The third-order valence-corrected chi connectivity index (χ3v) is 5.54. The number of nitrogens with one attached hydrogen (secondary N) is 1. The van der Waals surface area contributed by atoms with Gasteiger partial charge in [0.25, 0.3) is 5.91 Å². The van der Waals surface area contributed by atoms with Gasteiger partial charge in [0, 0.05) is 29.2 Å². The van der Waals surface area contributed by atoms with Gasteiger partial charge in [-0.1, -0.05) is 29.7 Å². The SMILES string of the molecule is C#CCOC[C@@H](c1nc2ccc(Cl)cc2[nH]1)c1cc(C(=O)N2CC=CC2)ccc1C(N)=O. The van der Waals surface area contributed by atoms with Gasteiger partial charge < -0.3 is 20.4 Å². The summed E-state index contributed by atoms with van der Waals surface area (Å²) in [7, 11) is 0. The average Bonchev–Trinajstić information content (AvgIpc) is 3.45. The number of rotatable bonds is 7. The van der Waals surface area contributed by atoms with Crippen molar-refractivity contribution in [3.05, 3.63) is 76.1 Å². The van der Waals surface area contributed by atoms with E-state index in [1.807, 2.05) is 12.2 Å². The van der Waals surface area contributed by atoms with E-state index < -0.39 is 11.8 Å². The number of nitrogens with zero attached hydrogens (tertiary/aromatic N) is 2. The minimum absolute atomic E-state index is 0.0898. The Bertz CT molecular complexity index is 1250. The van der Waals surface area contributed by atoms with Crippen LogP contribution in [0.2, 0.25) is 5.02 Å². The summed E-state index contributed by atoms with van der Waals surface area (Å²) < 4.78 is 5.63. The first-order valence-electron chi connectivity index (χ1n) is 10.0. The molecule has 1 aliphatic heterocycles. The van der Waals surface area contributed by atoms with Crippen LogP contribution in [0, 0.1) is 12.3 Å². The Balaban J connectivity index is 1.80. The summed E-state index contributed by atoms with van der Waals surface area (Å²) in [6, 6.07) is 10.2. The normalized spacial score (nSPS) is 13.9. The van der Waals surface area contributed by atoms with Gasteiger partial charge in [-0.05, 0) is 42.0 Å². The number of carbonyl (C=O) groups excluding carboxylic acids is 2. The Kier molecular flexibility index (Phi) is 6.26. The van der Waals surface area contributed by atoms with E-state index in [0.29, 0.717) is 40.6 Å². The molecular weight excluding hydrogens is 428 g/mol. The van der Waals surface area contributed by atoms with Crippen LogP contribution in [0.25, 0.3) is 11.0 Å². The largest absolute Gasteiger partial charge is 0.368 e. The van der Waals surface area contributed by atoms with Crippen molar-refractivity contribution in [1.82, 2.24) is 14.9 Å². The maximum absolute atomic E-state index is 13.0. The molecule has 1 aromatic heterocycles. The lowest BCUT2D eigenvalue weighted by molar-refractivity contribution is 0.0799. The molecule has 2 amide bonds. The number of imidazole rings is 1. The minimum atomic E-state index is -0.608. The molecule has 8 heteroatoms. The first kappa shape index (κ1) is 21.6. The van der Waals surface area contributed by atoms with E-state index in [2.05, 4.69) is 15.9 Å². The standard InChI is InChI=1S/C24H21ClN4O3/c1-2-11-32-14-19(23-27-20-8-6-16(25)13-21(20)28-23)18-12-15(5-7-17(18)22(26)30)24(31)29-9-3-4-10-29/h1,3-8,12-13,19H,9-11,14H2,(H2,26,30)(H,27,28)/t19-/m1/s1. The fraction of sp³-hybridized carbons (Fsp3) is 0.208. The highest BCUT2D eigenvalue weighted by Gasteiger charge is 2.26. The molecular formula is C24H21ClN4O3. The summed E-state index contributed by atoms with van der Waals surface area (Å²) in [6.45, 7) is 1.32. The van der Waals surface area contributed by atoms with Gasteiger partial charge in [-0.2, -0.15) is 0 Å². The molecule has 3 aromatic rings. The topological polar surface area (TPSA) is 101 Å². The number of hydrogen-bond donors (Lipinski definition) is 2. The molecule has 7 nitrogen and oxygen atoms in total. The molecule has 4 rings (SSSR count). The van der Waals surface area contributed by atoms with Crippen molar-refractivity contribution in [2.24, 2.45) is 5.73 Å². The van der Waals surface area contributed by atoms with E-state index in [1.165, 1.54) is 0 Å². The summed E-state index contributed by atoms with van der Waals surface area (Å²) >= 11 is 6.11. The van der Waals surface area contributed by atoms with Crippen LogP contribution in [-0.4, -0.2) is 53.0 Å². The number of H-pyrrole nitrogens is 1. The Morgan fingerprint density at radius 2 is 2.03 bits per heavy atom. The quantitative estimate of drug-likeness (QED) is 0.329. The molecule has 162 valence electrons.